The van der Waals surface area contributed by atoms with Gasteiger partial charge in [-0.2, -0.15) is 5.26 Å². The summed E-state index contributed by atoms with van der Waals surface area (Å²) in [7, 11) is 0. The summed E-state index contributed by atoms with van der Waals surface area (Å²) < 4.78 is 23.3. The van der Waals surface area contributed by atoms with Gasteiger partial charge < -0.3 is 18.6 Å². The zero-order valence-electron chi connectivity index (χ0n) is 23.1. The van der Waals surface area contributed by atoms with Gasteiger partial charge in [-0.3, -0.25) is 0 Å². The number of aryl methyl sites for hydroxylation is 2. The van der Waals surface area contributed by atoms with Gasteiger partial charge >= 0.3 is 0 Å². The molecule has 5 rings (SSSR count). The zero-order chi connectivity index (χ0) is 28.4. The van der Waals surface area contributed by atoms with Crippen LogP contribution in [0.3, 0.4) is 0 Å². The summed E-state index contributed by atoms with van der Waals surface area (Å²) in [5, 5.41) is 11.5. The van der Waals surface area contributed by atoms with E-state index in [4.69, 9.17) is 40.2 Å². The second kappa shape index (κ2) is 11.6. The maximum absolute atomic E-state index is 10.2. The Bertz CT molecular complexity index is 1560. The third kappa shape index (κ3) is 6.18. The Balaban J connectivity index is 1.34. The summed E-state index contributed by atoms with van der Waals surface area (Å²) >= 11 is 7.49. The first-order chi connectivity index (χ1) is 19.1. The van der Waals surface area contributed by atoms with Crippen molar-refractivity contribution < 1.29 is 18.6 Å². The molecule has 0 N–H and O–H groups in total. The van der Waals surface area contributed by atoms with Gasteiger partial charge in [0.2, 0.25) is 5.89 Å². The molecular formula is C31H30ClN3O4S. The number of nitriles is 1. The van der Waals surface area contributed by atoms with Crippen LogP contribution in [-0.2, 0) is 15.2 Å². The molecule has 0 saturated carbocycles. The molecular weight excluding hydrogens is 546 g/mol. The van der Waals surface area contributed by atoms with E-state index in [9.17, 15) is 5.26 Å². The fourth-order valence-electron chi connectivity index (χ4n) is 4.50. The molecule has 0 radical (unpaired) electrons. The molecule has 1 aliphatic rings. The van der Waals surface area contributed by atoms with Gasteiger partial charge in [0.15, 0.2) is 5.79 Å². The maximum atomic E-state index is 10.2. The SMILES string of the molecule is Cc1nc(SCc2nc(-c3ccc(Cl)cc3)oc2C)c(C#N)c(-c2ccc(OC[C@H]3COC(C)(C)O3)cc2)c1C. The number of ether oxygens (including phenoxy) is 3. The Morgan fingerprint density at radius 3 is 2.40 bits per heavy atom. The molecule has 1 saturated heterocycles. The number of aromatic nitrogens is 2. The molecule has 0 unspecified atom stereocenters. The molecule has 1 atom stereocenters. The molecule has 4 aromatic rings. The van der Waals surface area contributed by atoms with Gasteiger partial charge in [0.1, 0.15) is 35.3 Å². The largest absolute Gasteiger partial charge is 0.491 e. The van der Waals surface area contributed by atoms with Gasteiger partial charge in [-0.15, -0.1) is 0 Å². The zero-order valence-corrected chi connectivity index (χ0v) is 24.7. The lowest BCUT2D eigenvalue weighted by Crippen LogP contribution is -2.25. The highest BCUT2D eigenvalue weighted by Crippen LogP contribution is 2.37. The van der Waals surface area contributed by atoms with E-state index in [1.54, 1.807) is 0 Å². The van der Waals surface area contributed by atoms with Crippen LogP contribution in [0, 0.1) is 32.1 Å². The normalized spacial score (nSPS) is 16.2. The lowest BCUT2D eigenvalue weighted by atomic mass is 9.96. The molecule has 1 fully saturated rings. The lowest BCUT2D eigenvalue weighted by molar-refractivity contribution is -0.141. The van der Waals surface area contributed by atoms with Crippen LogP contribution in [0.2, 0.25) is 5.02 Å². The monoisotopic (exact) mass is 575 g/mol. The fraction of sp³-hybridized carbons (Fsp3) is 0.323. The third-order valence-corrected chi connectivity index (χ3v) is 7.98. The summed E-state index contributed by atoms with van der Waals surface area (Å²) in [6.45, 7) is 10.5. The molecule has 0 spiro atoms. The van der Waals surface area contributed by atoms with Gasteiger partial charge in [0, 0.05) is 27.6 Å². The van der Waals surface area contributed by atoms with Gasteiger partial charge in [-0.05, 0) is 82.1 Å². The standard InChI is InChI=1S/C31H30ClN3O4S/c1-18-19(2)34-30(40-17-27-20(3)38-29(35-27)22-6-10-23(32)11-7-22)26(14-33)28(18)21-8-12-24(13-9-21)36-15-25-16-37-31(4,5)39-25/h6-13,25H,15-17H2,1-5H3/t25-/m0/s1. The van der Waals surface area contributed by atoms with Crippen LogP contribution >= 0.6 is 23.4 Å². The minimum atomic E-state index is -0.580. The van der Waals surface area contributed by atoms with E-state index >= 15 is 0 Å². The molecule has 9 heteroatoms. The Kier molecular flexibility index (Phi) is 8.20. The van der Waals surface area contributed by atoms with Gasteiger partial charge in [-0.1, -0.05) is 35.5 Å². The smallest absolute Gasteiger partial charge is 0.226 e. The molecule has 3 heterocycles. The minimum absolute atomic E-state index is 0.111. The number of hydrogen-bond acceptors (Lipinski definition) is 8. The average molecular weight is 576 g/mol. The summed E-state index contributed by atoms with van der Waals surface area (Å²) in [4.78, 5) is 9.46. The number of nitrogens with zero attached hydrogens (tertiary/aromatic N) is 3. The van der Waals surface area contributed by atoms with Crippen molar-refractivity contribution in [3.8, 4) is 34.4 Å². The second-order valence-corrected chi connectivity index (χ2v) is 11.5. The van der Waals surface area contributed by atoms with Gasteiger partial charge in [-0.25, -0.2) is 9.97 Å². The first-order valence-corrected chi connectivity index (χ1v) is 14.3. The number of rotatable bonds is 8. The molecule has 0 bridgehead atoms. The second-order valence-electron chi connectivity index (χ2n) is 10.1. The van der Waals surface area contributed by atoms with Crippen LogP contribution in [0.15, 0.2) is 58.0 Å². The molecule has 206 valence electrons. The Morgan fingerprint density at radius 2 is 1.75 bits per heavy atom. The van der Waals surface area contributed by atoms with E-state index in [1.165, 1.54) is 11.8 Å². The van der Waals surface area contributed by atoms with Crippen molar-refractivity contribution in [1.82, 2.24) is 9.97 Å². The number of halogens is 1. The van der Waals surface area contributed by atoms with Crippen molar-refractivity contribution >= 4 is 23.4 Å². The molecule has 1 aliphatic heterocycles. The van der Waals surface area contributed by atoms with Crippen molar-refractivity contribution in [3.05, 3.63) is 81.8 Å². The summed E-state index contributed by atoms with van der Waals surface area (Å²) in [5.74, 6) is 1.93. The highest BCUT2D eigenvalue weighted by molar-refractivity contribution is 7.98. The molecule has 7 nitrogen and oxygen atoms in total. The van der Waals surface area contributed by atoms with E-state index in [0.717, 1.165) is 45.2 Å². The lowest BCUT2D eigenvalue weighted by Gasteiger charge is -2.17. The van der Waals surface area contributed by atoms with E-state index < -0.39 is 5.79 Å². The van der Waals surface area contributed by atoms with E-state index in [1.807, 2.05) is 83.1 Å². The third-order valence-electron chi connectivity index (χ3n) is 6.74. The van der Waals surface area contributed by atoms with Crippen LogP contribution in [0.5, 0.6) is 5.75 Å². The van der Waals surface area contributed by atoms with Crippen LogP contribution < -0.4 is 4.74 Å². The molecule has 2 aromatic heterocycles. The summed E-state index contributed by atoms with van der Waals surface area (Å²) in [6, 6.07) is 17.6. The highest BCUT2D eigenvalue weighted by atomic mass is 35.5. The number of pyridine rings is 1. The Labute approximate surface area is 243 Å². The summed E-state index contributed by atoms with van der Waals surface area (Å²) in [6.07, 6.45) is -0.111. The van der Waals surface area contributed by atoms with Crippen LogP contribution in [-0.4, -0.2) is 35.1 Å². The Morgan fingerprint density at radius 1 is 1.05 bits per heavy atom. The molecule has 40 heavy (non-hydrogen) atoms. The van der Waals surface area contributed by atoms with Gasteiger partial charge in [0.05, 0.1) is 17.9 Å². The number of oxazole rings is 1. The van der Waals surface area contributed by atoms with Crippen LogP contribution in [0.1, 0.15) is 42.1 Å². The molecule has 0 amide bonds. The minimum Gasteiger partial charge on any atom is -0.491 e. The quantitative estimate of drug-likeness (QED) is 0.198. The predicted molar refractivity (Wildman–Crippen MR) is 156 cm³/mol. The number of thioether (sulfide) groups is 1. The van der Waals surface area contributed by atoms with Crippen molar-refractivity contribution in [1.29, 1.82) is 5.26 Å². The predicted octanol–water partition coefficient (Wildman–Crippen LogP) is 7.68. The van der Waals surface area contributed by atoms with Crippen molar-refractivity contribution in [2.45, 2.75) is 57.3 Å². The summed E-state index contributed by atoms with van der Waals surface area (Å²) in [5.41, 5.74) is 5.84. The number of benzene rings is 2. The molecule has 0 aliphatic carbocycles. The van der Waals surface area contributed by atoms with E-state index in [0.29, 0.717) is 40.5 Å². The topological polar surface area (TPSA) is 90.4 Å². The van der Waals surface area contributed by atoms with E-state index in [-0.39, 0.29) is 6.10 Å². The van der Waals surface area contributed by atoms with Crippen molar-refractivity contribution in [3.63, 3.8) is 0 Å². The van der Waals surface area contributed by atoms with Crippen molar-refractivity contribution in [2.75, 3.05) is 13.2 Å². The molecule has 2 aromatic carbocycles. The van der Waals surface area contributed by atoms with E-state index in [2.05, 4.69) is 6.07 Å². The van der Waals surface area contributed by atoms with Gasteiger partial charge in [0.25, 0.3) is 0 Å². The Hall–Kier alpha value is -3.35. The maximum Gasteiger partial charge on any atom is 0.226 e. The van der Waals surface area contributed by atoms with Crippen molar-refractivity contribution in [2.24, 2.45) is 0 Å². The number of hydrogen-bond donors (Lipinski definition) is 0. The first-order valence-electron chi connectivity index (χ1n) is 12.9. The average Bonchev–Trinajstić information content (AvgIpc) is 3.49. The fourth-order valence-corrected chi connectivity index (χ4v) is 5.66. The highest BCUT2D eigenvalue weighted by Gasteiger charge is 2.33. The van der Waals surface area contributed by atoms with Crippen LogP contribution in [0.25, 0.3) is 22.6 Å². The van der Waals surface area contributed by atoms with Crippen LogP contribution in [0.4, 0.5) is 0 Å². The first kappa shape index (κ1) is 28.2.